The van der Waals surface area contributed by atoms with E-state index >= 15 is 0 Å². The lowest BCUT2D eigenvalue weighted by atomic mass is 10.0. The number of fused-ring (bicyclic) bond motifs is 1. The second kappa shape index (κ2) is 8.73. The maximum Gasteiger partial charge on any atom is 0.419 e. The molecule has 2 heterocycles. The Labute approximate surface area is 158 Å². The van der Waals surface area contributed by atoms with Crippen LogP contribution in [0, 0.1) is 0 Å². The summed E-state index contributed by atoms with van der Waals surface area (Å²) < 4.78 is 6.65. The van der Waals surface area contributed by atoms with Crippen molar-refractivity contribution in [2.45, 2.75) is 51.6 Å². The van der Waals surface area contributed by atoms with E-state index in [9.17, 15) is 9.59 Å². The molecule has 0 bridgehead atoms. The molecule has 0 aliphatic carbocycles. The summed E-state index contributed by atoms with van der Waals surface area (Å²) in [5.74, 6) is -0.513. The lowest BCUT2D eigenvalue weighted by Crippen LogP contribution is -2.39. The van der Waals surface area contributed by atoms with Gasteiger partial charge in [0.1, 0.15) is 0 Å². The maximum absolute atomic E-state index is 12.1. The van der Waals surface area contributed by atoms with Gasteiger partial charge in [-0.2, -0.15) is 0 Å². The predicted octanol–water partition coefficient (Wildman–Crippen LogP) is 3.02. The van der Waals surface area contributed by atoms with Crippen LogP contribution in [0.3, 0.4) is 0 Å². The maximum atomic E-state index is 12.1. The molecule has 1 N–H and O–H groups in total. The molecule has 2 aromatic rings. The van der Waals surface area contributed by atoms with Crippen molar-refractivity contribution in [3.05, 3.63) is 33.8 Å². The van der Waals surface area contributed by atoms with Gasteiger partial charge in [0, 0.05) is 43.2 Å². The summed E-state index contributed by atoms with van der Waals surface area (Å²) >= 11 is 5.90. The van der Waals surface area contributed by atoms with Crippen molar-refractivity contribution in [3.8, 4) is 0 Å². The molecular weight excluding hydrogens is 354 g/mol. The summed E-state index contributed by atoms with van der Waals surface area (Å²) in [7, 11) is 0. The Morgan fingerprint density at radius 1 is 1.35 bits per heavy atom. The molecule has 1 aliphatic rings. The molecule has 1 saturated heterocycles. The van der Waals surface area contributed by atoms with Gasteiger partial charge in [-0.15, -0.1) is 0 Å². The summed E-state index contributed by atoms with van der Waals surface area (Å²) in [6.07, 6.45) is 5.06. The van der Waals surface area contributed by atoms with Crippen molar-refractivity contribution in [1.82, 2.24) is 14.8 Å². The number of carbonyl (C=O) groups excluding carboxylic acids is 1. The molecule has 26 heavy (non-hydrogen) atoms. The zero-order valence-corrected chi connectivity index (χ0v) is 15.9. The van der Waals surface area contributed by atoms with Gasteiger partial charge in [-0.1, -0.05) is 18.0 Å². The van der Waals surface area contributed by atoms with Crippen molar-refractivity contribution in [2.75, 3.05) is 19.6 Å². The first-order valence-electron chi connectivity index (χ1n) is 9.34. The third kappa shape index (κ3) is 4.68. The number of nitrogens with one attached hydrogen (secondary N) is 1. The third-order valence-electron chi connectivity index (χ3n) is 5.08. The quantitative estimate of drug-likeness (QED) is 0.751. The van der Waals surface area contributed by atoms with Gasteiger partial charge in [0.05, 0.1) is 5.52 Å². The number of benzene rings is 1. The number of aryl methyl sites for hydroxylation is 1. The van der Waals surface area contributed by atoms with Crippen LogP contribution in [-0.4, -0.2) is 41.1 Å². The van der Waals surface area contributed by atoms with E-state index in [2.05, 4.69) is 17.1 Å². The zero-order valence-electron chi connectivity index (χ0n) is 15.2. The Bertz CT molecular complexity index is 814. The summed E-state index contributed by atoms with van der Waals surface area (Å²) in [6.45, 7) is 5.42. The number of oxazole rings is 1. The van der Waals surface area contributed by atoms with Crippen molar-refractivity contribution < 1.29 is 9.21 Å². The molecule has 142 valence electrons. The summed E-state index contributed by atoms with van der Waals surface area (Å²) in [4.78, 5) is 26.5. The van der Waals surface area contributed by atoms with Crippen molar-refractivity contribution >= 4 is 28.6 Å². The van der Waals surface area contributed by atoms with Crippen LogP contribution in [0.2, 0.25) is 5.02 Å². The Balaban J connectivity index is 1.43. The topological polar surface area (TPSA) is 67.5 Å². The van der Waals surface area contributed by atoms with E-state index in [-0.39, 0.29) is 12.3 Å². The van der Waals surface area contributed by atoms with E-state index < -0.39 is 5.76 Å². The molecule has 1 aromatic heterocycles. The van der Waals surface area contributed by atoms with Crippen LogP contribution >= 0.6 is 11.6 Å². The molecule has 6 nitrogen and oxygen atoms in total. The van der Waals surface area contributed by atoms with Gasteiger partial charge in [-0.25, -0.2) is 4.79 Å². The number of carbonyl (C=O) groups is 1. The average Bonchev–Trinajstić information content (AvgIpc) is 2.92. The second-order valence-electron chi connectivity index (χ2n) is 6.97. The van der Waals surface area contributed by atoms with Crippen LogP contribution in [0.5, 0.6) is 0 Å². The molecule has 1 aliphatic heterocycles. The number of piperidine rings is 1. The largest absolute Gasteiger partial charge is 0.419 e. The number of nitrogens with zero attached hydrogens (tertiary/aromatic N) is 2. The minimum absolute atomic E-state index is 0.0492. The summed E-state index contributed by atoms with van der Waals surface area (Å²) in [5, 5.41) is 3.46. The average molecular weight is 380 g/mol. The van der Waals surface area contributed by atoms with Crippen LogP contribution in [0.25, 0.3) is 11.1 Å². The van der Waals surface area contributed by atoms with Gasteiger partial charge < -0.3 is 14.6 Å². The molecule has 7 heteroatoms. The van der Waals surface area contributed by atoms with Gasteiger partial charge in [0.15, 0.2) is 5.58 Å². The molecule has 1 amide bonds. The van der Waals surface area contributed by atoms with Gasteiger partial charge in [0.2, 0.25) is 5.91 Å². The number of hydrogen-bond donors (Lipinski definition) is 1. The van der Waals surface area contributed by atoms with Crippen LogP contribution in [0.1, 0.15) is 39.0 Å². The van der Waals surface area contributed by atoms with Gasteiger partial charge in [-0.3, -0.25) is 9.36 Å². The SMILES string of the molecule is C[C@@H]1CCCCN1CCCNC(=O)CCn1c(=O)oc2cc(Cl)ccc21. The molecule has 1 fully saturated rings. The highest BCUT2D eigenvalue weighted by Crippen LogP contribution is 2.18. The van der Waals surface area contributed by atoms with E-state index in [1.165, 1.54) is 23.8 Å². The normalized spacial score (nSPS) is 18.3. The van der Waals surface area contributed by atoms with Gasteiger partial charge >= 0.3 is 5.76 Å². The van der Waals surface area contributed by atoms with Crippen molar-refractivity contribution in [3.63, 3.8) is 0 Å². The van der Waals surface area contributed by atoms with Crippen LogP contribution in [-0.2, 0) is 11.3 Å². The zero-order chi connectivity index (χ0) is 18.5. The first kappa shape index (κ1) is 19.0. The lowest BCUT2D eigenvalue weighted by Gasteiger charge is -2.33. The van der Waals surface area contributed by atoms with Crippen molar-refractivity contribution in [2.24, 2.45) is 0 Å². The Morgan fingerprint density at radius 3 is 3.00 bits per heavy atom. The van der Waals surface area contributed by atoms with Gasteiger partial charge in [0.25, 0.3) is 0 Å². The Hall–Kier alpha value is -1.79. The highest BCUT2D eigenvalue weighted by Gasteiger charge is 2.17. The molecule has 0 radical (unpaired) electrons. The predicted molar refractivity (Wildman–Crippen MR) is 103 cm³/mol. The van der Waals surface area contributed by atoms with Crippen molar-refractivity contribution in [1.29, 1.82) is 0 Å². The van der Waals surface area contributed by atoms with Crippen LogP contribution in [0.15, 0.2) is 27.4 Å². The number of likely N-dealkylation sites (tertiary alicyclic amines) is 1. The lowest BCUT2D eigenvalue weighted by molar-refractivity contribution is -0.121. The number of amides is 1. The monoisotopic (exact) mass is 379 g/mol. The van der Waals surface area contributed by atoms with E-state index in [0.29, 0.717) is 35.3 Å². The molecule has 0 saturated carbocycles. The Morgan fingerprint density at radius 2 is 2.19 bits per heavy atom. The van der Waals surface area contributed by atoms with E-state index in [4.69, 9.17) is 16.0 Å². The Kier molecular flexibility index (Phi) is 6.38. The van der Waals surface area contributed by atoms with Crippen LogP contribution in [0.4, 0.5) is 0 Å². The fourth-order valence-corrected chi connectivity index (χ4v) is 3.72. The number of aromatic nitrogens is 1. The first-order valence-corrected chi connectivity index (χ1v) is 9.72. The van der Waals surface area contributed by atoms with E-state index in [1.807, 2.05) is 0 Å². The second-order valence-corrected chi connectivity index (χ2v) is 7.40. The molecule has 1 aromatic carbocycles. The number of halogens is 1. The number of hydrogen-bond acceptors (Lipinski definition) is 4. The molecule has 0 unspecified atom stereocenters. The van der Waals surface area contributed by atoms with Gasteiger partial charge in [-0.05, 0) is 44.9 Å². The standard InChI is InChI=1S/C19H26ClN3O3/c1-14-5-2-3-10-22(14)11-4-9-21-18(24)8-12-23-16-7-6-15(20)13-17(16)26-19(23)25/h6-7,13-14H,2-5,8-12H2,1H3,(H,21,24)/t14-/m1/s1. The van der Waals surface area contributed by atoms with E-state index in [0.717, 1.165) is 19.5 Å². The molecular formula is C19H26ClN3O3. The molecule has 1 atom stereocenters. The minimum Gasteiger partial charge on any atom is -0.408 e. The molecule has 3 rings (SSSR count). The smallest absolute Gasteiger partial charge is 0.408 e. The summed E-state index contributed by atoms with van der Waals surface area (Å²) in [5.41, 5.74) is 1.10. The fraction of sp³-hybridized carbons (Fsp3) is 0.579. The highest BCUT2D eigenvalue weighted by atomic mass is 35.5. The third-order valence-corrected chi connectivity index (χ3v) is 5.31. The van der Waals surface area contributed by atoms with Crippen LogP contribution < -0.4 is 11.1 Å². The highest BCUT2D eigenvalue weighted by molar-refractivity contribution is 6.31. The summed E-state index contributed by atoms with van der Waals surface area (Å²) in [6, 6.07) is 5.70. The fourth-order valence-electron chi connectivity index (χ4n) is 3.55. The number of rotatable bonds is 7. The van der Waals surface area contributed by atoms with E-state index in [1.54, 1.807) is 18.2 Å². The molecule has 0 spiro atoms. The minimum atomic E-state index is -0.464. The first-order chi connectivity index (χ1) is 12.5.